The standard InChI is InChI=1S/C29H30N4O4/c1-19-24-11-12-26-28(19)30-31-33(26)13-4-14-37-18-20-7-9-22(10-8-20)29(36)32(2)17-21-5-3-6-23(15-21)25(24)16-27(34)35/h3,5-12,15,25H,4,13-14,16-18H2,1-2H3,(H,34,35). The molecule has 0 radical (unpaired) electrons. The van der Waals surface area contributed by atoms with Gasteiger partial charge in [-0.1, -0.05) is 47.7 Å². The van der Waals surface area contributed by atoms with Gasteiger partial charge in [-0.05, 0) is 59.4 Å². The molecule has 4 aliphatic rings. The molecule has 1 unspecified atom stereocenters. The van der Waals surface area contributed by atoms with Crippen LogP contribution < -0.4 is 0 Å². The minimum atomic E-state index is -0.875. The lowest BCUT2D eigenvalue weighted by Crippen LogP contribution is -2.26. The summed E-state index contributed by atoms with van der Waals surface area (Å²) < 4.78 is 7.73. The second-order valence-corrected chi connectivity index (χ2v) is 9.62. The fourth-order valence-electron chi connectivity index (χ4n) is 5.03. The van der Waals surface area contributed by atoms with Gasteiger partial charge in [-0.25, -0.2) is 4.68 Å². The largest absolute Gasteiger partial charge is 0.481 e. The summed E-state index contributed by atoms with van der Waals surface area (Å²) in [6, 6.07) is 19.3. The molecular formula is C29H30N4O4. The van der Waals surface area contributed by atoms with Gasteiger partial charge < -0.3 is 14.7 Å². The third-order valence-corrected chi connectivity index (χ3v) is 6.98. The number of amides is 1. The van der Waals surface area contributed by atoms with E-state index in [4.69, 9.17) is 4.74 Å². The highest BCUT2D eigenvalue weighted by molar-refractivity contribution is 5.94. The van der Waals surface area contributed by atoms with Crippen LogP contribution in [0.4, 0.5) is 0 Å². The van der Waals surface area contributed by atoms with Crippen LogP contribution in [0.1, 0.15) is 56.9 Å². The van der Waals surface area contributed by atoms with Crippen molar-refractivity contribution in [1.82, 2.24) is 19.9 Å². The zero-order chi connectivity index (χ0) is 25.9. The summed E-state index contributed by atoms with van der Waals surface area (Å²) in [7, 11) is 1.78. The average molecular weight is 499 g/mol. The number of carbonyl (C=O) groups excluding carboxylic acids is 1. The van der Waals surface area contributed by atoms with Gasteiger partial charge in [-0.2, -0.15) is 0 Å². The number of nitrogens with zero attached hydrogens (tertiary/aromatic N) is 4. The lowest BCUT2D eigenvalue weighted by molar-refractivity contribution is -0.137. The van der Waals surface area contributed by atoms with Crippen LogP contribution >= 0.6 is 0 Å². The van der Waals surface area contributed by atoms with Crippen LogP contribution in [0.2, 0.25) is 0 Å². The quantitative estimate of drug-likeness (QED) is 0.436. The predicted octanol–water partition coefficient (Wildman–Crippen LogP) is 4.54. The van der Waals surface area contributed by atoms with Crippen molar-refractivity contribution in [3.8, 4) is 0 Å². The molecule has 1 atom stereocenters. The SMILES string of the molecule is Cc1c2ccc3c1nnn3CCCOCc1ccc(cc1)C(=O)N(C)Cc1cccc(c1)C2CC(=O)O. The highest BCUT2D eigenvalue weighted by atomic mass is 16.5. The fourth-order valence-corrected chi connectivity index (χ4v) is 5.03. The average Bonchev–Trinajstić information content (AvgIpc) is 3.31. The van der Waals surface area contributed by atoms with Gasteiger partial charge in [0.15, 0.2) is 0 Å². The first-order valence-electron chi connectivity index (χ1n) is 12.5. The van der Waals surface area contributed by atoms with E-state index in [-0.39, 0.29) is 18.2 Å². The van der Waals surface area contributed by atoms with Crippen molar-refractivity contribution < 1.29 is 19.4 Å². The maximum atomic E-state index is 13.1. The molecule has 4 aliphatic heterocycles. The number of benzene rings is 3. The van der Waals surface area contributed by atoms with E-state index in [0.29, 0.717) is 31.9 Å². The van der Waals surface area contributed by atoms with Crippen molar-refractivity contribution in [2.75, 3.05) is 13.7 Å². The minimum Gasteiger partial charge on any atom is -0.481 e. The molecule has 1 amide bonds. The third-order valence-electron chi connectivity index (χ3n) is 6.98. The summed E-state index contributed by atoms with van der Waals surface area (Å²) >= 11 is 0. The molecule has 0 spiro atoms. The minimum absolute atomic E-state index is 0.0532. The van der Waals surface area contributed by atoms with Crippen molar-refractivity contribution in [3.05, 3.63) is 94.0 Å². The number of ether oxygens (including phenoxy) is 1. The Morgan fingerprint density at radius 2 is 1.92 bits per heavy atom. The Labute approximate surface area is 215 Å². The molecule has 0 fully saturated rings. The predicted molar refractivity (Wildman–Crippen MR) is 139 cm³/mol. The molecule has 4 aromatic rings. The maximum Gasteiger partial charge on any atom is 0.304 e. The van der Waals surface area contributed by atoms with Gasteiger partial charge in [0.05, 0.1) is 18.5 Å². The second kappa shape index (κ2) is 10.5. The molecule has 8 bridgehead atoms. The van der Waals surface area contributed by atoms with Crippen LogP contribution in [0.25, 0.3) is 11.0 Å². The number of hydrogen-bond acceptors (Lipinski definition) is 5. The van der Waals surface area contributed by atoms with E-state index in [2.05, 4.69) is 10.3 Å². The van der Waals surface area contributed by atoms with E-state index >= 15 is 0 Å². The number of aryl methyl sites for hydroxylation is 2. The molecule has 8 heteroatoms. The van der Waals surface area contributed by atoms with E-state index < -0.39 is 5.97 Å². The smallest absolute Gasteiger partial charge is 0.304 e. The highest BCUT2D eigenvalue weighted by Gasteiger charge is 2.23. The van der Waals surface area contributed by atoms with Crippen molar-refractivity contribution in [1.29, 1.82) is 0 Å². The first-order valence-corrected chi connectivity index (χ1v) is 12.5. The molecule has 5 heterocycles. The monoisotopic (exact) mass is 498 g/mol. The molecule has 8 rings (SSSR count). The molecule has 3 aromatic carbocycles. The fraction of sp³-hybridized carbons (Fsp3) is 0.310. The molecule has 0 aliphatic carbocycles. The molecule has 0 saturated heterocycles. The van der Waals surface area contributed by atoms with Gasteiger partial charge in [-0.3, -0.25) is 9.59 Å². The van der Waals surface area contributed by atoms with Crippen LogP contribution in [-0.2, 0) is 29.2 Å². The summed E-state index contributed by atoms with van der Waals surface area (Å²) in [6.07, 6.45) is 0.720. The van der Waals surface area contributed by atoms with Crippen LogP contribution in [0.3, 0.4) is 0 Å². The molecule has 8 nitrogen and oxygen atoms in total. The normalized spacial score (nSPS) is 16.9. The molecule has 37 heavy (non-hydrogen) atoms. The Morgan fingerprint density at radius 1 is 1.11 bits per heavy atom. The number of rotatable bonds is 2. The van der Waals surface area contributed by atoms with Crippen molar-refractivity contribution >= 4 is 22.9 Å². The Kier molecular flexibility index (Phi) is 7.01. The second-order valence-electron chi connectivity index (χ2n) is 9.62. The van der Waals surface area contributed by atoms with Crippen LogP contribution in [0.15, 0.2) is 60.7 Å². The van der Waals surface area contributed by atoms with Crippen LogP contribution in [0, 0.1) is 6.92 Å². The summed E-state index contributed by atoms with van der Waals surface area (Å²) in [5.41, 5.74) is 6.99. The van der Waals surface area contributed by atoms with Gasteiger partial charge in [0.1, 0.15) is 5.52 Å². The van der Waals surface area contributed by atoms with Gasteiger partial charge >= 0.3 is 5.97 Å². The molecule has 1 N–H and O–H groups in total. The summed E-state index contributed by atoms with van der Waals surface area (Å²) in [5, 5.41) is 18.6. The van der Waals surface area contributed by atoms with E-state index in [1.165, 1.54) is 0 Å². The summed E-state index contributed by atoms with van der Waals surface area (Å²) in [6.45, 7) is 4.09. The Hall–Kier alpha value is -4.04. The number of aliphatic carboxylic acids is 1. The van der Waals surface area contributed by atoms with Crippen molar-refractivity contribution in [2.24, 2.45) is 0 Å². The lowest BCUT2D eigenvalue weighted by Gasteiger charge is -2.21. The van der Waals surface area contributed by atoms with Crippen LogP contribution in [0.5, 0.6) is 0 Å². The summed E-state index contributed by atoms with van der Waals surface area (Å²) in [4.78, 5) is 26.6. The van der Waals surface area contributed by atoms with Gasteiger partial charge in [-0.15, -0.1) is 5.10 Å². The zero-order valence-electron chi connectivity index (χ0n) is 21.1. The molecule has 0 saturated carbocycles. The van der Waals surface area contributed by atoms with E-state index in [9.17, 15) is 14.7 Å². The number of carboxylic acid groups (broad SMARTS) is 1. The van der Waals surface area contributed by atoms with Crippen molar-refractivity contribution in [2.45, 2.75) is 45.4 Å². The first kappa shape index (κ1) is 24.6. The first-order chi connectivity index (χ1) is 17.9. The van der Waals surface area contributed by atoms with E-state index in [1.807, 2.05) is 72.3 Å². The number of carbonyl (C=O) groups is 2. The topological polar surface area (TPSA) is 97.5 Å². The molecule has 190 valence electrons. The van der Waals surface area contributed by atoms with Gasteiger partial charge in [0, 0.05) is 38.2 Å². The number of carboxylic acids is 1. The number of aromatic nitrogens is 3. The molecule has 1 aromatic heterocycles. The van der Waals surface area contributed by atoms with Gasteiger partial charge in [0.2, 0.25) is 0 Å². The lowest BCUT2D eigenvalue weighted by atomic mass is 9.85. The van der Waals surface area contributed by atoms with E-state index in [0.717, 1.165) is 45.3 Å². The third kappa shape index (κ3) is 5.24. The Balaban J connectivity index is 1.57. The Bertz CT molecular complexity index is 1440. The Morgan fingerprint density at radius 3 is 2.70 bits per heavy atom. The zero-order valence-corrected chi connectivity index (χ0v) is 21.1. The van der Waals surface area contributed by atoms with E-state index in [1.54, 1.807) is 11.9 Å². The van der Waals surface area contributed by atoms with Crippen LogP contribution in [-0.4, -0.2) is 50.5 Å². The van der Waals surface area contributed by atoms with Crippen molar-refractivity contribution in [3.63, 3.8) is 0 Å². The maximum absolute atomic E-state index is 13.1. The number of hydrogen-bond donors (Lipinski definition) is 1. The van der Waals surface area contributed by atoms with Gasteiger partial charge in [0.25, 0.3) is 5.91 Å². The molecular weight excluding hydrogens is 468 g/mol. The summed E-state index contributed by atoms with van der Waals surface area (Å²) in [5.74, 6) is -1.31. The highest BCUT2D eigenvalue weighted by Crippen LogP contribution is 2.34.